The fourth-order valence-electron chi connectivity index (χ4n) is 3.77. The molecule has 0 saturated heterocycles. The van der Waals surface area contributed by atoms with Crippen LogP contribution in [0.25, 0.3) is 11.3 Å². The van der Waals surface area contributed by atoms with Crippen LogP contribution in [0.4, 0.5) is 17.6 Å². The highest BCUT2D eigenvalue weighted by atomic mass is 16.2. The van der Waals surface area contributed by atoms with Crippen LogP contribution in [0.15, 0.2) is 42.9 Å². The highest BCUT2D eigenvalue weighted by molar-refractivity contribution is 5.92. The molecule has 9 nitrogen and oxygen atoms in total. The van der Waals surface area contributed by atoms with Gasteiger partial charge in [-0.25, -0.2) is 25.8 Å². The topological polar surface area (TPSA) is 115 Å². The number of nitrogens with zero attached hydrogens (tertiary/aromatic N) is 6. The van der Waals surface area contributed by atoms with Crippen molar-refractivity contribution in [2.45, 2.75) is 39.0 Å². The molecule has 4 rings (SSSR count). The van der Waals surface area contributed by atoms with Crippen molar-refractivity contribution in [1.82, 2.24) is 24.7 Å². The van der Waals surface area contributed by atoms with Crippen LogP contribution in [0.5, 0.6) is 0 Å². The number of rotatable bonds is 7. The molecule has 0 unspecified atom stereocenters. The number of aryl methyl sites for hydroxylation is 1. The predicted octanol–water partition coefficient (Wildman–Crippen LogP) is 3.19. The summed E-state index contributed by atoms with van der Waals surface area (Å²) in [6.45, 7) is 2.14. The predicted molar refractivity (Wildman–Crippen MR) is 115 cm³/mol. The number of amides is 1. The van der Waals surface area contributed by atoms with Gasteiger partial charge in [0.15, 0.2) is 0 Å². The summed E-state index contributed by atoms with van der Waals surface area (Å²) in [5.41, 5.74) is 1.60. The highest BCUT2D eigenvalue weighted by Gasteiger charge is 2.38. The van der Waals surface area contributed by atoms with Crippen molar-refractivity contribution in [3.05, 3.63) is 42.9 Å². The molecule has 0 atom stereocenters. The number of carbonyl (C=O) groups is 1. The van der Waals surface area contributed by atoms with E-state index in [0.29, 0.717) is 23.9 Å². The van der Waals surface area contributed by atoms with Crippen molar-refractivity contribution in [3.8, 4) is 11.3 Å². The van der Waals surface area contributed by atoms with Crippen molar-refractivity contribution < 1.29 is 4.79 Å². The molecule has 0 radical (unpaired) electrons. The molecule has 0 aromatic carbocycles. The lowest BCUT2D eigenvalue weighted by molar-refractivity contribution is -0.122. The Morgan fingerprint density at radius 1 is 1.23 bits per heavy atom. The van der Waals surface area contributed by atoms with Crippen LogP contribution >= 0.6 is 0 Å². The zero-order valence-electron chi connectivity index (χ0n) is 17.2. The number of carbonyl (C=O) groups excluding carboxylic acids is 1. The van der Waals surface area contributed by atoms with Crippen molar-refractivity contribution in [3.63, 3.8) is 0 Å². The first-order valence-electron chi connectivity index (χ1n) is 10.1. The Morgan fingerprint density at radius 3 is 2.70 bits per heavy atom. The lowest BCUT2D eigenvalue weighted by Crippen LogP contribution is -2.43. The van der Waals surface area contributed by atoms with Crippen LogP contribution in [-0.2, 0) is 11.8 Å². The average Bonchev–Trinajstić information content (AvgIpc) is 3.14. The highest BCUT2D eigenvalue weighted by Crippen LogP contribution is 2.47. The zero-order valence-corrected chi connectivity index (χ0v) is 17.2. The second-order valence-electron chi connectivity index (χ2n) is 7.78. The van der Waals surface area contributed by atoms with Crippen molar-refractivity contribution in [2.24, 2.45) is 18.3 Å². The smallest absolute Gasteiger partial charge is 0.243 e. The SMILES string of the molecule is CCC1(CC(=O)N(N)c2cc(-c3ccnc(Nc4ccnn4C)n3)ccn2)CCC1. The van der Waals surface area contributed by atoms with Gasteiger partial charge < -0.3 is 5.32 Å². The molecule has 0 bridgehead atoms. The number of nitrogens with one attached hydrogen (secondary N) is 1. The monoisotopic (exact) mass is 406 g/mol. The van der Waals surface area contributed by atoms with Gasteiger partial charge in [-0.05, 0) is 42.9 Å². The van der Waals surface area contributed by atoms with Gasteiger partial charge >= 0.3 is 0 Å². The third-order valence-electron chi connectivity index (χ3n) is 5.96. The second-order valence-corrected chi connectivity index (χ2v) is 7.78. The number of anilines is 3. The maximum atomic E-state index is 12.7. The largest absolute Gasteiger partial charge is 0.309 e. The summed E-state index contributed by atoms with van der Waals surface area (Å²) in [4.78, 5) is 25.9. The van der Waals surface area contributed by atoms with E-state index in [1.54, 1.807) is 35.4 Å². The molecule has 1 aliphatic rings. The molecule has 9 heteroatoms. The summed E-state index contributed by atoms with van der Waals surface area (Å²) in [6.07, 6.45) is 9.81. The Labute approximate surface area is 175 Å². The summed E-state index contributed by atoms with van der Waals surface area (Å²) >= 11 is 0. The minimum absolute atomic E-state index is 0.103. The first kappa shape index (κ1) is 20.0. The Balaban J connectivity index is 1.52. The van der Waals surface area contributed by atoms with Gasteiger partial charge in [0, 0.05) is 37.5 Å². The number of hydrogen-bond donors (Lipinski definition) is 2. The van der Waals surface area contributed by atoms with E-state index in [0.717, 1.165) is 35.7 Å². The third-order valence-corrected chi connectivity index (χ3v) is 5.96. The molecule has 3 aromatic heterocycles. The standard InChI is InChI=1S/C21H26N8O/c1-3-21(8-4-9-21)14-19(30)29(22)18-13-15(5-10-23-18)16-6-11-24-20(26-16)27-17-7-12-25-28(17)2/h5-7,10-13H,3-4,8-9,14,22H2,1-2H3,(H,24,26,27). The Morgan fingerprint density at radius 2 is 2.03 bits per heavy atom. The first-order chi connectivity index (χ1) is 14.5. The van der Waals surface area contributed by atoms with Crippen LogP contribution in [0.3, 0.4) is 0 Å². The fourth-order valence-corrected chi connectivity index (χ4v) is 3.77. The molecule has 1 saturated carbocycles. The molecule has 1 fully saturated rings. The fraction of sp³-hybridized carbons (Fsp3) is 0.381. The van der Waals surface area contributed by atoms with Gasteiger partial charge in [-0.2, -0.15) is 5.10 Å². The Kier molecular flexibility index (Phi) is 5.45. The Hall–Kier alpha value is -3.33. The zero-order chi connectivity index (χ0) is 21.1. The molecule has 1 amide bonds. The maximum Gasteiger partial charge on any atom is 0.243 e. The maximum absolute atomic E-state index is 12.7. The summed E-state index contributed by atoms with van der Waals surface area (Å²) in [5, 5.41) is 8.42. The number of pyridine rings is 1. The van der Waals surface area contributed by atoms with Crippen molar-refractivity contribution in [2.75, 3.05) is 10.3 Å². The number of hydrazine groups is 1. The third kappa shape index (κ3) is 4.02. The number of aromatic nitrogens is 5. The molecular formula is C21H26N8O. The number of nitrogens with two attached hydrogens (primary N) is 1. The molecule has 1 aliphatic carbocycles. The second kappa shape index (κ2) is 8.19. The lowest BCUT2D eigenvalue weighted by atomic mass is 9.65. The van der Waals surface area contributed by atoms with Gasteiger partial charge in [0.05, 0.1) is 11.9 Å². The van der Waals surface area contributed by atoms with E-state index >= 15 is 0 Å². The van der Waals surface area contributed by atoms with Crippen molar-refractivity contribution in [1.29, 1.82) is 0 Å². The molecular weight excluding hydrogens is 380 g/mol. The van der Waals surface area contributed by atoms with Gasteiger partial charge in [0.25, 0.3) is 0 Å². The quantitative estimate of drug-likeness (QED) is 0.352. The Bertz CT molecular complexity index is 1040. The van der Waals surface area contributed by atoms with E-state index in [1.165, 1.54) is 6.42 Å². The number of hydrogen-bond acceptors (Lipinski definition) is 7. The van der Waals surface area contributed by atoms with Gasteiger partial charge in [0.2, 0.25) is 11.9 Å². The normalized spacial score (nSPS) is 14.8. The van der Waals surface area contributed by atoms with E-state index in [-0.39, 0.29) is 11.3 Å². The van der Waals surface area contributed by atoms with E-state index in [1.807, 2.05) is 19.2 Å². The molecule has 3 N–H and O–H groups in total. The van der Waals surface area contributed by atoms with Gasteiger partial charge in [-0.1, -0.05) is 13.3 Å². The molecule has 30 heavy (non-hydrogen) atoms. The van der Waals surface area contributed by atoms with E-state index in [2.05, 4.69) is 32.3 Å². The summed E-state index contributed by atoms with van der Waals surface area (Å²) in [7, 11) is 1.83. The van der Waals surface area contributed by atoms with Crippen molar-refractivity contribution >= 4 is 23.5 Å². The van der Waals surface area contributed by atoms with Gasteiger partial charge in [0.1, 0.15) is 11.6 Å². The van der Waals surface area contributed by atoms with Crippen LogP contribution in [-0.4, -0.2) is 30.6 Å². The van der Waals surface area contributed by atoms with Gasteiger partial charge in [-0.15, -0.1) is 0 Å². The van der Waals surface area contributed by atoms with Crippen LogP contribution < -0.4 is 16.2 Å². The summed E-state index contributed by atoms with van der Waals surface area (Å²) in [6, 6.07) is 7.24. The summed E-state index contributed by atoms with van der Waals surface area (Å²) < 4.78 is 1.70. The van der Waals surface area contributed by atoms with E-state index < -0.39 is 0 Å². The first-order valence-corrected chi connectivity index (χ1v) is 10.1. The molecule has 3 heterocycles. The minimum atomic E-state index is -0.109. The molecule has 0 spiro atoms. The summed E-state index contributed by atoms with van der Waals surface area (Å²) in [5.74, 6) is 7.65. The minimum Gasteiger partial charge on any atom is -0.309 e. The van der Waals surface area contributed by atoms with Gasteiger partial charge in [-0.3, -0.25) is 9.48 Å². The van der Waals surface area contributed by atoms with Crippen LogP contribution in [0.1, 0.15) is 39.0 Å². The average molecular weight is 406 g/mol. The molecule has 156 valence electrons. The van der Waals surface area contributed by atoms with Crippen LogP contribution in [0.2, 0.25) is 0 Å². The van der Waals surface area contributed by atoms with E-state index in [9.17, 15) is 4.79 Å². The molecule has 3 aromatic rings. The molecule has 0 aliphatic heterocycles. The van der Waals surface area contributed by atoms with Crippen LogP contribution in [0, 0.1) is 5.41 Å². The lowest BCUT2D eigenvalue weighted by Gasteiger charge is -2.41. The van der Waals surface area contributed by atoms with E-state index in [4.69, 9.17) is 5.84 Å².